The molecule has 2 heteroatoms. The van der Waals surface area contributed by atoms with Crippen molar-refractivity contribution in [2.45, 2.75) is 20.3 Å². The van der Waals surface area contributed by atoms with Gasteiger partial charge < -0.3 is 4.74 Å². The van der Waals surface area contributed by atoms with Crippen molar-refractivity contribution in [1.29, 1.82) is 5.26 Å². The molecule has 0 aromatic rings. The number of ether oxygens (including phenoxy) is 1. The third-order valence-corrected chi connectivity index (χ3v) is 2.52. The van der Waals surface area contributed by atoms with Crippen LogP contribution in [0.25, 0.3) is 0 Å². The Labute approximate surface area is 79.5 Å². The summed E-state index contributed by atoms with van der Waals surface area (Å²) in [6, 6.07) is 2.32. The van der Waals surface area contributed by atoms with Crippen LogP contribution in [0.3, 0.4) is 0 Å². The van der Waals surface area contributed by atoms with Crippen LogP contribution in [0.1, 0.15) is 20.3 Å². The second-order valence-corrected chi connectivity index (χ2v) is 3.87. The molecule has 0 saturated carbocycles. The first-order valence-corrected chi connectivity index (χ1v) is 4.43. The van der Waals surface area contributed by atoms with Gasteiger partial charge in [-0.05, 0) is 19.9 Å². The first-order valence-electron chi connectivity index (χ1n) is 4.43. The molecule has 0 aliphatic heterocycles. The molecule has 0 fully saturated rings. The molecule has 0 heterocycles. The van der Waals surface area contributed by atoms with Crippen molar-refractivity contribution in [2.24, 2.45) is 11.3 Å². The van der Waals surface area contributed by atoms with Crippen molar-refractivity contribution in [2.75, 3.05) is 7.11 Å². The standard InChI is InChI=1S/C11H15NO/c1-11(2,8-12)9-5-4-6-10(7-9)13-3/h4-6,9H,7H2,1-3H3. The number of nitriles is 1. The summed E-state index contributed by atoms with van der Waals surface area (Å²) < 4.78 is 5.16. The minimum atomic E-state index is -0.311. The molecule has 1 atom stereocenters. The molecule has 70 valence electrons. The van der Waals surface area contributed by atoms with Crippen LogP contribution in [0.2, 0.25) is 0 Å². The minimum Gasteiger partial charge on any atom is -0.501 e. The molecular formula is C11H15NO. The van der Waals surface area contributed by atoms with Crippen LogP contribution in [-0.4, -0.2) is 7.11 Å². The summed E-state index contributed by atoms with van der Waals surface area (Å²) in [6.07, 6.45) is 6.81. The van der Waals surface area contributed by atoms with Crippen molar-refractivity contribution in [3.05, 3.63) is 24.0 Å². The number of rotatable bonds is 2. The molecule has 1 unspecified atom stereocenters. The molecule has 0 N–H and O–H groups in total. The Balaban J connectivity index is 2.74. The number of methoxy groups -OCH3 is 1. The van der Waals surface area contributed by atoms with E-state index in [4.69, 9.17) is 10.00 Å². The Morgan fingerprint density at radius 2 is 2.31 bits per heavy atom. The van der Waals surface area contributed by atoms with Crippen LogP contribution in [-0.2, 0) is 4.74 Å². The van der Waals surface area contributed by atoms with E-state index in [1.807, 2.05) is 26.0 Å². The van der Waals surface area contributed by atoms with Gasteiger partial charge in [-0.25, -0.2) is 0 Å². The number of allylic oxidation sites excluding steroid dienone is 4. The van der Waals surface area contributed by atoms with Gasteiger partial charge in [0, 0.05) is 12.3 Å². The summed E-state index contributed by atoms with van der Waals surface area (Å²) in [5, 5.41) is 8.96. The van der Waals surface area contributed by atoms with Gasteiger partial charge in [0.1, 0.15) is 0 Å². The summed E-state index contributed by atoms with van der Waals surface area (Å²) in [5.41, 5.74) is -0.311. The highest BCUT2D eigenvalue weighted by Crippen LogP contribution is 2.34. The summed E-state index contributed by atoms with van der Waals surface area (Å²) in [4.78, 5) is 0. The van der Waals surface area contributed by atoms with E-state index in [1.54, 1.807) is 7.11 Å². The topological polar surface area (TPSA) is 33.0 Å². The van der Waals surface area contributed by atoms with E-state index in [0.717, 1.165) is 12.2 Å². The molecular weight excluding hydrogens is 162 g/mol. The predicted octanol–water partition coefficient (Wildman–Crippen LogP) is 2.64. The molecule has 2 nitrogen and oxygen atoms in total. The molecule has 0 spiro atoms. The second kappa shape index (κ2) is 3.66. The highest BCUT2D eigenvalue weighted by molar-refractivity contribution is 5.20. The molecule has 1 rings (SSSR count). The van der Waals surface area contributed by atoms with Gasteiger partial charge in [-0.15, -0.1) is 0 Å². The van der Waals surface area contributed by atoms with E-state index in [9.17, 15) is 0 Å². The lowest BCUT2D eigenvalue weighted by Crippen LogP contribution is -2.22. The van der Waals surface area contributed by atoms with E-state index >= 15 is 0 Å². The van der Waals surface area contributed by atoms with E-state index < -0.39 is 0 Å². The zero-order valence-electron chi connectivity index (χ0n) is 8.37. The van der Waals surface area contributed by atoms with Crippen LogP contribution in [0, 0.1) is 22.7 Å². The Hall–Kier alpha value is -1.23. The number of hydrogen-bond donors (Lipinski definition) is 0. The normalized spacial score (nSPS) is 22.0. The SMILES string of the molecule is COC1=CC=CC(C(C)(C)C#N)C1. The molecule has 0 amide bonds. The Morgan fingerprint density at radius 1 is 1.62 bits per heavy atom. The lowest BCUT2D eigenvalue weighted by molar-refractivity contribution is 0.236. The molecule has 0 bridgehead atoms. The Kier molecular flexibility index (Phi) is 2.77. The lowest BCUT2D eigenvalue weighted by atomic mass is 9.76. The van der Waals surface area contributed by atoms with E-state index in [2.05, 4.69) is 12.1 Å². The zero-order valence-corrected chi connectivity index (χ0v) is 8.37. The minimum absolute atomic E-state index is 0.262. The summed E-state index contributed by atoms with van der Waals surface area (Å²) >= 11 is 0. The summed E-state index contributed by atoms with van der Waals surface area (Å²) in [5.74, 6) is 1.22. The molecule has 1 aliphatic rings. The van der Waals surface area contributed by atoms with Gasteiger partial charge in [0.05, 0.1) is 24.4 Å². The predicted molar refractivity (Wildman–Crippen MR) is 51.7 cm³/mol. The van der Waals surface area contributed by atoms with Gasteiger partial charge in [0.25, 0.3) is 0 Å². The quantitative estimate of drug-likeness (QED) is 0.649. The Morgan fingerprint density at radius 3 is 2.85 bits per heavy atom. The van der Waals surface area contributed by atoms with Crippen LogP contribution >= 0.6 is 0 Å². The Bertz CT molecular complexity index is 281. The first kappa shape index (κ1) is 9.85. The monoisotopic (exact) mass is 177 g/mol. The molecule has 1 aliphatic carbocycles. The maximum Gasteiger partial charge on any atom is 0.0961 e. The second-order valence-electron chi connectivity index (χ2n) is 3.87. The van der Waals surface area contributed by atoms with Crippen LogP contribution < -0.4 is 0 Å². The lowest BCUT2D eigenvalue weighted by Gasteiger charge is -2.27. The van der Waals surface area contributed by atoms with Gasteiger partial charge in [0.15, 0.2) is 0 Å². The average Bonchev–Trinajstić information content (AvgIpc) is 2.18. The highest BCUT2D eigenvalue weighted by atomic mass is 16.5. The van der Waals surface area contributed by atoms with Crippen molar-refractivity contribution in [3.63, 3.8) is 0 Å². The third kappa shape index (κ3) is 2.12. The van der Waals surface area contributed by atoms with Crippen LogP contribution in [0.4, 0.5) is 0 Å². The molecule has 0 saturated heterocycles. The molecule has 0 radical (unpaired) electrons. The average molecular weight is 177 g/mol. The van der Waals surface area contributed by atoms with Gasteiger partial charge in [-0.2, -0.15) is 5.26 Å². The summed E-state index contributed by atoms with van der Waals surface area (Å²) in [7, 11) is 1.67. The third-order valence-electron chi connectivity index (χ3n) is 2.52. The van der Waals surface area contributed by atoms with Gasteiger partial charge in [-0.1, -0.05) is 12.2 Å². The van der Waals surface area contributed by atoms with Crippen molar-refractivity contribution in [3.8, 4) is 6.07 Å². The van der Waals surface area contributed by atoms with Gasteiger partial charge in [0.2, 0.25) is 0 Å². The summed E-state index contributed by atoms with van der Waals surface area (Å²) in [6.45, 7) is 3.92. The van der Waals surface area contributed by atoms with Gasteiger partial charge >= 0.3 is 0 Å². The van der Waals surface area contributed by atoms with Crippen molar-refractivity contribution >= 4 is 0 Å². The van der Waals surface area contributed by atoms with Crippen molar-refractivity contribution < 1.29 is 4.74 Å². The zero-order chi connectivity index (χ0) is 9.90. The molecule has 13 heavy (non-hydrogen) atoms. The van der Waals surface area contributed by atoms with E-state index in [-0.39, 0.29) is 11.3 Å². The van der Waals surface area contributed by atoms with Crippen molar-refractivity contribution in [1.82, 2.24) is 0 Å². The van der Waals surface area contributed by atoms with Crippen LogP contribution in [0.5, 0.6) is 0 Å². The maximum absolute atomic E-state index is 8.96. The van der Waals surface area contributed by atoms with E-state index in [0.29, 0.717) is 0 Å². The molecule has 0 aromatic heterocycles. The fraction of sp³-hybridized carbons (Fsp3) is 0.545. The fourth-order valence-corrected chi connectivity index (χ4v) is 1.38. The number of nitrogens with zero attached hydrogens (tertiary/aromatic N) is 1. The fourth-order valence-electron chi connectivity index (χ4n) is 1.38. The van der Waals surface area contributed by atoms with Crippen LogP contribution in [0.15, 0.2) is 24.0 Å². The van der Waals surface area contributed by atoms with E-state index in [1.165, 1.54) is 0 Å². The van der Waals surface area contributed by atoms with Gasteiger partial charge in [-0.3, -0.25) is 0 Å². The first-order chi connectivity index (χ1) is 6.10. The number of hydrogen-bond acceptors (Lipinski definition) is 2. The smallest absolute Gasteiger partial charge is 0.0961 e. The maximum atomic E-state index is 8.96. The highest BCUT2D eigenvalue weighted by Gasteiger charge is 2.29. The molecule has 0 aromatic carbocycles. The largest absolute Gasteiger partial charge is 0.501 e.